The van der Waals surface area contributed by atoms with Crippen LogP contribution in [0.1, 0.15) is 36.7 Å². The Balaban J connectivity index is 1.13. The highest BCUT2D eigenvalue weighted by Crippen LogP contribution is 2.31. The van der Waals surface area contributed by atoms with Gasteiger partial charge in [0.15, 0.2) is 0 Å². The predicted molar refractivity (Wildman–Crippen MR) is 131 cm³/mol. The molecule has 3 aliphatic rings. The lowest BCUT2D eigenvalue weighted by Crippen LogP contribution is -2.56. The van der Waals surface area contributed by atoms with Crippen LogP contribution in [0.2, 0.25) is 0 Å². The summed E-state index contributed by atoms with van der Waals surface area (Å²) in [4.78, 5) is 9.37. The number of anilines is 1. The number of rotatable bonds is 4. The summed E-state index contributed by atoms with van der Waals surface area (Å²) in [6.07, 6.45) is 5.17. The van der Waals surface area contributed by atoms with E-state index >= 15 is 0 Å². The molecule has 3 aliphatic heterocycles. The highest BCUT2D eigenvalue weighted by molar-refractivity contribution is 5.95. The first-order valence-electron chi connectivity index (χ1n) is 12.3. The number of nitrogens with one attached hydrogen (secondary N) is 1. The first-order valence-corrected chi connectivity index (χ1v) is 12.3. The molecule has 6 rings (SSSR count). The van der Waals surface area contributed by atoms with Gasteiger partial charge in [0.1, 0.15) is 6.07 Å². The Morgan fingerprint density at radius 2 is 2.06 bits per heavy atom. The zero-order chi connectivity index (χ0) is 23.2. The van der Waals surface area contributed by atoms with Gasteiger partial charge < -0.3 is 15.0 Å². The molecular formula is C26H31N7O. The van der Waals surface area contributed by atoms with Gasteiger partial charge in [-0.15, -0.1) is 0 Å². The van der Waals surface area contributed by atoms with Gasteiger partial charge >= 0.3 is 0 Å². The molecule has 0 saturated carbocycles. The summed E-state index contributed by atoms with van der Waals surface area (Å²) in [5.41, 5.74) is 5.28. The molecule has 0 bridgehead atoms. The van der Waals surface area contributed by atoms with Crippen LogP contribution in [0.4, 0.5) is 5.69 Å². The van der Waals surface area contributed by atoms with Crippen LogP contribution < -0.4 is 10.2 Å². The molecular weight excluding hydrogens is 426 g/mol. The molecule has 0 aliphatic carbocycles. The maximum atomic E-state index is 9.48. The summed E-state index contributed by atoms with van der Waals surface area (Å²) in [6.45, 7) is 9.91. The largest absolute Gasteiger partial charge is 0.370 e. The van der Waals surface area contributed by atoms with Gasteiger partial charge in [0.25, 0.3) is 0 Å². The van der Waals surface area contributed by atoms with Gasteiger partial charge in [0.05, 0.1) is 41.2 Å². The number of likely N-dealkylation sites (tertiary alicyclic amines) is 1. The Morgan fingerprint density at radius 3 is 2.91 bits per heavy atom. The minimum atomic E-state index is 0.140. The van der Waals surface area contributed by atoms with Gasteiger partial charge in [-0.2, -0.15) is 10.4 Å². The van der Waals surface area contributed by atoms with Gasteiger partial charge in [0, 0.05) is 62.6 Å². The molecule has 0 radical (unpaired) electrons. The van der Waals surface area contributed by atoms with Crippen LogP contribution in [-0.4, -0.2) is 70.6 Å². The number of pyridine rings is 1. The van der Waals surface area contributed by atoms with E-state index < -0.39 is 0 Å². The maximum Gasteiger partial charge on any atom is 0.101 e. The standard InChI is InChI=1S/C26H31N7O/c1-17-8-20-10-30-33(25(20)11-29-17)21-13-31(14-21)15-22-16-32(12-18(2)34-22)24-6-5-19(9-27)26-23(24)4-3-7-28-26/h3-7,10,17-18,21-22,29H,8,11-16H2,1-2H3/t17-,18+,22-/m0/s1. The fourth-order valence-corrected chi connectivity index (χ4v) is 5.78. The SMILES string of the molecule is C[C@@H]1CN(c2ccc(C#N)c3ncccc23)C[C@H](CN2CC(n3ncc4c3CN[C@@H](C)C4)C2)O1. The van der Waals surface area contributed by atoms with Crippen molar-refractivity contribution in [3.63, 3.8) is 0 Å². The molecule has 176 valence electrons. The summed E-state index contributed by atoms with van der Waals surface area (Å²) >= 11 is 0. The Morgan fingerprint density at radius 1 is 1.18 bits per heavy atom. The quantitative estimate of drug-likeness (QED) is 0.645. The van der Waals surface area contributed by atoms with Crippen molar-refractivity contribution in [1.82, 2.24) is 25.0 Å². The zero-order valence-electron chi connectivity index (χ0n) is 19.8. The van der Waals surface area contributed by atoms with Crippen molar-refractivity contribution in [3.8, 4) is 6.07 Å². The summed E-state index contributed by atoms with van der Waals surface area (Å²) < 4.78 is 8.59. The molecule has 1 N–H and O–H groups in total. The second-order valence-corrected chi connectivity index (χ2v) is 10.0. The first kappa shape index (κ1) is 21.5. The Labute approximate surface area is 200 Å². The van der Waals surface area contributed by atoms with Gasteiger partial charge in [-0.25, -0.2) is 0 Å². The third-order valence-electron chi connectivity index (χ3n) is 7.41. The Bertz CT molecular complexity index is 1240. The Hall–Kier alpha value is -2.99. The second kappa shape index (κ2) is 8.66. The van der Waals surface area contributed by atoms with Crippen LogP contribution in [0.3, 0.4) is 0 Å². The van der Waals surface area contributed by atoms with Crippen LogP contribution in [0, 0.1) is 11.3 Å². The molecule has 0 amide bonds. The number of hydrogen-bond acceptors (Lipinski definition) is 7. The van der Waals surface area contributed by atoms with Crippen LogP contribution >= 0.6 is 0 Å². The van der Waals surface area contributed by atoms with Crippen LogP contribution in [0.5, 0.6) is 0 Å². The highest BCUT2D eigenvalue weighted by Gasteiger charge is 2.35. The summed E-state index contributed by atoms with van der Waals surface area (Å²) in [7, 11) is 0. The van der Waals surface area contributed by atoms with Gasteiger partial charge in [0.2, 0.25) is 0 Å². The van der Waals surface area contributed by atoms with E-state index in [1.54, 1.807) is 6.20 Å². The first-order chi connectivity index (χ1) is 16.6. The lowest BCUT2D eigenvalue weighted by molar-refractivity contribution is -0.0492. The molecule has 8 nitrogen and oxygen atoms in total. The minimum absolute atomic E-state index is 0.140. The van der Waals surface area contributed by atoms with Crippen LogP contribution in [0.25, 0.3) is 10.9 Å². The lowest BCUT2D eigenvalue weighted by atomic mass is 10.0. The van der Waals surface area contributed by atoms with Crippen LogP contribution in [0.15, 0.2) is 36.7 Å². The van der Waals surface area contributed by atoms with E-state index in [0.717, 1.165) is 62.3 Å². The van der Waals surface area contributed by atoms with E-state index in [0.29, 0.717) is 17.6 Å². The van der Waals surface area contributed by atoms with E-state index in [2.05, 4.69) is 63.0 Å². The molecule has 3 aromatic rings. The summed E-state index contributed by atoms with van der Waals surface area (Å²) in [5.74, 6) is 0. The second-order valence-electron chi connectivity index (χ2n) is 10.0. The number of nitriles is 1. The molecule has 5 heterocycles. The zero-order valence-corrected chi connectivity index (χ0v) is 19.8. The van der Waals surface area contributed by atoms with E-state index in [1.807, 2.05) is 12.1 Å². The number of hydrogen-bond donors (Lipinski definition) is 1. The molecule has 3 atom stereocenters. The van der Waals surface area contributed by atoms with Crippen molar-refractivity contribution < 1.29 is 4.74 Å². The van der Waals surface area contributed by atoms with Crippen molar-refractivity contribution in [2.24, 2.45) is 0 Å². The molecule has 2 aromatic heterocycles. The third-order valence-corrected chi connectivity index (χ3v) is 7.41. The monoisotopic (exact) mass is 457 g/mol. The topological polar surface area (TPSA) is 82.2 Å². The van der Waals surface area contributed by atoms with Crippen molar-refractivity contribution in [2.75, 3.05) is 37.6 Å². The van der Waals surface area contributed by atoms with E-state index in [-0.39, 0.29) is 12.2 Å². The molecule has 2 fully saturated rings. The number of nitrogens with zero attached hydrogens (tertiary/aromatic N) is 6. The average molecular weight is 458 g/mol. The molecule has 0 spiro atoms. The van der Waals surface area contributed by atoms with E-state index in [4.69, 9.17) is 9.84 Å². The lowest BCUT2D eigenvalue weighted by Gasteiger charge is -2.45. The van der Waals surface area contributed by atoms with Gasteiger partial charge in [-0.1, -0.05) is 0 Å². The maximum absolute atomic E-state index is 9.48. The van der Waals surface area contributed by atoms with Crippen LogP contribution in [-0.2, 0) is 17.7 Å². The number of benzene rings is 1. The number of morpholine rings is 1. The molecule has 34 heavy (non-hydrogen) atoms. The fraction of sp³-hybridized carbons (Fsp3) is 0.500. The van der Waals surface area contributed by atoms with Crippen molar-refractivity contribution in [2.45, 2.75) is 51.1 Å². The number of fused-ring (bicyclic) bond motifs is 2. The van der Waals surface area contributed by atoms with Gasteiger partial charge in [-0.05, 0) is 50.1 Å². The summed E-state index contributed by atoms with van der Waals surface area (Å²) in [5, 5.41) is 18.8. The highest BCUT2D eigenvalue weighted by atomic mass is 16.5. The number of aromatic nitrogens is 3. The van der Waals surface area contributed by atoms with Gasteiger partial charge in [-0.3, -0.25) is 14.6 Å². The predicted octanol–water partition coefficient (Wildman–Crippen LogP) is 2.49. The van der Waals surface area contributed by atoms with Crippen molar-refractivity contribution >= 4 is 16.6 Å². The molecule has 0 unspecified atom stereocenters. The smallest absolute Gasteiger partial charge is 0.101 e. The third kappa shape index (κ3) is 3.84. The number of ether oxygens (including phenoxy) is 1. The Kier molecular flexibility index (Phi) is 5.48. The molecule has 8 heteroatoms. The van der Waals surface area contributed by atoms with E-state index in [9.17, 15) is 5.26 Å². The molecule has 2 saturated heterocycles. The fourth-order valence-electron chi connectivity index (χ4n) is 5.78. The van der Waals surface area contributed by atoms with E-state index in [1.165, 1.54) is 11.3 Å². The van der Waals surface area contributed by atoms with Crippen molar-refractivity contribution in [3.05, 3.63) is 53.5 Å². The van der Waals surface area contributed by atoms with Crippen molar-refractivity contribution in [1.29, 1.82) is 5.26 Å². The minimum Gasteiger partial charge on any atom is -0.370 e. The molecule has 1 aromatic carbocycles. The normalized spacial score (nSPS) is 25.7. The summed E-state index contributed by atoms with van der Waals surface area (Å²) in [6, 6.07) is 11.2. The average Bonchev–Trinajstić information content (AvgIpc) is 3.22.